The van der Waals surface area contributed by atoms with E-state index >= 15 is 0 Å². The molecule has 4 rings (SSSR count). The van der Waals surface area contributed by atoms with Gasteiger partial charge in [0.1, 0.15) is 5.70 Å². The van der Waals surface area contributed by atoms with Crippen LogP contribution in [-0.2, 0) is 20.9 Å². The van der Waals surface area contributed by atoms with Gasteiger partial charge in [-0.2, -0.15) is 0 Å². The molecule has 3 heterocycles. The summed E-state index contributed by atoms with van der Waals surface area (Å²) in [5.41, 5.74) is 3.74. The van der Waals surface area contributed by atoms with Crippen LogP contribution in [0.5, 0.6) is 0 Å². The van der Waals surface area contributed by atoms with Crippen LogP contribution in [-0.4, -0.2) is 49.5 Å². The number of hydrogen-bond donors (Lipinski definition) is 2. The van der Waals surface area contributed by atoms with Gasteiger partial charge in [0.15, 0.2) is 6.40 Å². The number of hydrogen-bond acceptors (Lipinski definition) is 5. The lowest BCUT2D eigenvalue weighted by Crippen LogP contribution is -2.34. The van der Waals surface area contributed by atoms with Gasteiger partial charge in [-0.25, -0.2) is 4.99 Å². The summed E-state index contributed by atoms with van der Waals surface area (Å²) in [7, 11) is -1.24. The van der Waals surface area contributed by atoms with Gasteiger partial charge in [0.05, 0.1) is 25.5 Å². The van der Waals surface area contributed by atoms with E-state index in [9.17, 15) is 4.79 Å². The summed E-state index contributed by atoms with van der Waals surface area (Å²) in [5.74, 6) is -0.0978. The van der Waals surface area contributed by atoms with E-state index in [1.165, 1.54) is 6.40 Å². The third kappa shape index (κ3) is 7.19. The average Bonchev–Trinajstić information content (AvgIpc) is 3.44. The minimum absolute atomic E-state index is 0.0978. The van der Waals surface area contributed by atoms with Crippen molar-refractivity contribution in [3.05, 3.63) is 90.3 Å². The fourth-order valence-electron chi connectivity index (χ4n) is 3.97. The minimum Gasteiger partial charge on any atom is -0.453 e. The summed E-state index contributed by atoms with van der Waals surface area (Å²) in [6.45, 7) is 8.51. The average molecular weight is 503 g/mol. The predicted molar refractivity (Wildman–Crippen MR) is 149 cm³/mol. The van der Waals surface area contributed by atoms with Gasteiger partial charge in [-0.15, -0.1) is 0 Å². The highest BCUT2D eigenvalue weighted by Crippen LogP contribution is 2.24. The first-order valence-electron chi connectivity index (χ1n) is 12.2. The minimum atomic E-state index is -1.24. The summed E-state index contributed by atoms with van der Waals surface area (Å²) in [5, 5.41) is 4.21. The molecule has 0 aliphatic carbocycles. The number of aliphatic imine (C=N–C) groups is 1. The highest BCUT2D eigenvalue weighted by atomic mass is 28.3. The van der Waals surface area contributed by atoms with Crippen molar-refractivity contribution in [1.82, 2.24) is 15.2 Å². The van der Waals surface area contributed by atoms with Crippen LogP contribution in [0.4, 0.5) is 0 Å². The molecule has 1 amide bonds. The molecule has 2 N–H and O–H groups in total. The Labute approximate surface area is 213 Å². The SMILES string of the molecule is C[Si](C)(C)CCNC(=O)C1=CC2CN1C=CN=COC=CC=CC=Cc1cccc3[nH]c(cc13)CO2. The molecule has 1 aromatic carbocycles. The molecule has 0 fully saturated rings. The Hall–Kier alpha value is -3.62. The number of ether oxygens (including phenoxy) is 2. The summed E-state index contributed by atoms with van der Waals surface area (Å²) in [6, 6.07) is 9.34. The van der Waals surface area contributed by atoms with Crippen LogP contribution < -0.4 is 5.32 Å². The van der Waals surface area contributed by atoms with Crippen LogP contribution >= 0.6 is 0 Å². The van der Waals surface area contributed by atoms with Crippen LogP contribution in [0, 0.1) is 0 Å². The molecule has 2 aliphatic rings. The number of nitrogens with zero attached hydrogens (tertiary/aromatic N) is 2. The van der Waals surface area contributed by atoms with Gasteiger partial charge in [-0.3, -0.25) is 4.79 Å². The number of fused-ring (bicyclic) bond motifs is 3. The molecule has 0 saturated carbocycles. The topological polar surface area (TPSA) is 79.0 Å². The fraction of sp³-hybridized carbons (Fsp3) is 0.286. The summed E-state index contributed by atoms with van der Waals surface area (Å²) in [4.78, 5) is 22.4. The maximum Gasteiger partial charge on any atom is 0.267 e. The Morgan fingerprint density at radius 2 is 2.08 bits per heavy atom. The van der Waals surface area contributed by atoms with Crippen LogP contribution in [0.1, 0.15) is 11.3 Å². The normalized spacial score (nSPS) is 18.5. The Balaban J connectivity index is 1.55. The summed E-state index contributed by atoms with van der Waals surface area (Å²) in [6.07, 6.45) is 17.6. The van der Waals surface area contributed by atoms with Crippen molar-refractivity contribution in [2.24, 2.45) is 4.99 Å². The number of amides is 1. The largest absolute Gasteiger partial charge is 0.453 e. The maximum absolute atomic E-state index is 13.0. The molecule has 8 heteroatoms. The molecule has 0 saturated heterocycles. The van der Waals surface area contributed by atoms with E-state index in [-0.39, 0.29) is 12.0 Å². The number of aromatic amines is 1. The molecule has 1 aromatic heterocycles. The van der Waals surface area contributed by atoms with Crippen molar-refractivity contribution in [3.8, 4) is 0 Å². The zero-order chi connectivity index (χ0) is 25.4. The van der Waals surface area contributed by atoms with E-state index in [0.717, 1.165) is 28.2 Å². The molecule has 1 atom stereocenters. The highest BCUT2D eigenvalue weighted by molar-refractivity contribution is 6.76. The van der Waals surface area contributed by atoms with Gasteiger partial charge in [-0.1, -0.05) is 56.1 Å². The third-order valence-electron chi connectivity index (χ3n) is 5.85. The lowest BCUT2D eigenvalue weighted by atomic mass is 10.1. The zero-order valence-corrected chi connectivity index (χ0v) is 22.1. The third-order valence-corrected chi connectivity index (χ3v) is 7.60. The Morgan fingerprint density at radius 3 is 2.94 bits per heavy atom. The van der Waals surface area contributed by atoms with Gasteiger partial charge in [0, 0.05) is 43.6 Å². The summed E-state index contributed by atoms with van der Waals surface area (Å²) >= 11 is 0. The molecular formula is C28H34N4O3Si. The molecule has 0 spiro atoms. The number of benzene rings is 1. The number of allylic oxidation sites excluding steroid dienone is 4. The van der Waals surface area contributed by atoms with E-state index < -0.39 is 8.07 Å². The van der Waals surface area contributed by atoms with Crippen molar-refractivity contribution in [2.75, 3.05) is 13.1 Å². The first-order chi connectivity index (χ1) is 17.4. The molecule has 2 aromatic rings. The van der Waals surface area contributed by atoms with E-state index in [2.05, 4.69) is 59.2 Å². The number of H-pyrrole nitrogens is 1. The molecule has 4 bridgehead atoms. The van der Waals surface area contributed by atoms with Crippen LogP contribution in [0.2, 0.25) is 25.7 Å². The number of carbonyl (C=O) groups is 1. The number of nitrogens with one attached hydrogen (secondary N) is 2. The van der Waals surface area contributed by atoms with Gasteiger partial charge in [-0.05, 0) is 35.9 Å². The molecule has 2 aliphatic heterocycles. The van der Waals surface area contributed by atoms with E-state index in [1.807, 2.05) is 35.3 Å². The van der Waals surface area contributed by atoms with Crippen molar-refractivity contribution in [3.63, 3.8) is 0 Å². The fourth-order valence-corrected chi connectivity index (χ4v) is 4.84. The first kappa shape index (κ1) is 25.5. The van der Waals surface area contributed by atoms with Gasteiger partial charge in [0.25, 0.3) is 5.91 Å². The van der Waals surface area contributed by atoms with Crippen molar-refractivity contribution < 1.29 is 14.3 Å². The quantitative estimate of drug-likeness (QED) is 0.555. The monoisotopic (exact) mass is 502 g/mol. The predicted octanol–water partition coefficient (Wildman–Crippen LogP) is 5.32. The second kappa shape index (κ2) is 11.9. The molecule has 7 nitrogen and oxygen atoms in total. The standard InChI is InChI=1S/C28H34N4O3Si/c1-36(2,3)16-13-30-28(33)27-18-24-19-32(27)14-12-29-21-34-15-7-5-4-6-9-22-10-8-11-26-25(22)17-23(31-26)20-35-24/h4-12,14-15,17-18,21,24,31H,13,16,19-20H2,1-3H3,(H,30,33). The van der Waals surface area contributed by atoms with Crippen LogP contribution in [0.25, 0.3) is 17.0 Å². The molecular weight excluding hydrogens is 468 g/mol. The summed E-state index contributed by atoms with van der Waals surface area (Å²) < 4.78 is 11.5. The van der Waals surface area contributed by atoms with Crippen molar-refractivity contribution in [1.29, 1.82) is 0 Å². The van der Waals surface area contributed by atoms with E-state index in [0.29, 0.717) is 25.4 Å². The Bertz CT molecular complexity index is 1250. The van der Waals surface area contributed by atoms with E-state index in [1.54, 1.807) is 24.7 Å². The lowest BCUT2D eigenvalue weighted by molar-refractivity contribution is -0.118. The molecule has 36 heavy (non-hydrogen) atoms. The van der Waals surface area contributed by atoms with Crippen molar-refractivity contribution >= 4 is 37.4 Å². The van der Waals surface area contributed by atoms with E-state index in [4.69, 9.17) is 9.47 Å². The van der Waals surface area contributed by atoms with Gasteiger partial charge in [0.2, 0.25) is 0 Å². The lowest BCUT2D eigenvalue weighted by Gasteiger charge is -2.19. The smallest absolute Gasteiger partial charge is 0.267 e. The van der Waals surface area contributed by atoms with Crippen LogP contribution in [0.3, 0.4) is 0 Å². The second-order valence-corrected chi connectivity index (χ2v) is 15.6. The highest BCUT2D eigenvalue weighted by Gasteiger charge is 2.27. The molecule has 1 unspecified atom stereocenters. The number of carbonyl (C=O) groups excluding carboxylic acids is 1. The number of rotatable bonds is 4. The van der Waals surface area contributed by atoms with Gasteiger partial charge >= 0.3 is 0 Å². The maximum atomic E-state index is 13.0. The molecule has 188 valence electrons. The van der Waals surface area contributed by atoms with Crippen molar-refractivity contribution in [2.45, 2.75) is 38.4 Å². The Kier molecular flexibility index (Phi) is 8.40. The second-order valence-electron chi connectivity index (χ2n) is 9.98. The van der Waals surface area contributed by atoms with Crippen LogP contribution in [0.15, 0.2) is 84.0 Å². The Morgan fingerprint density at radius 1 is 1.22 bits per heavy atom. The zero-order valence-electron chi connectivity index (χ0n) is 21.1. The van der Waals surface area contributed by atoms with Gasteiger partial charge < -0.3 is 24.7 Å². The first-order valence-corrected chi connectivity index (χ1v) is 15.9. The molecule has 0 radical (unpaired) electrons. The number of aromatic nitrogens is 1.